The molecule has 0 rings (SSSR count). The molecular formula is C14H28O2. The lowest BCUT2D eigenvalue weighted by Gasteiger charge is -2.14. The Hall–Kier alpha value is -0.370. The predicted octanol–water partition coefficient (Wildman–Crippen LogP) is 4.12. The Bertz CT molecular complexity index is 160. The quantitative estimate of drug-likeness (QED) is 0.497. The number of unbranched alkanes of at least 4 members (excludes halogenated alkanes) is 4. The summed E-state index contributed by atoms with van der Waals surface area (Å²) in [6.07, 6.45) is 8.49. The SMILES string of the molecule is CCCCCCCC(=O)C(CCC)OCC. The van der Waals surface area contributed by atoms with Gasteiger partial charge in [0.15, 0.2) is 5.78 Å². The summed E-state index contributed by atoms with van der Waals surface area (Å²) in [7, 11) is 0. The molecule has 0 fully saturated rings. The van der Waals surface area contributed by atoms with Crippen molar-refractivity contribution in [3.63, 3.8) is 0 Å². The molecule has 0 amide bonds. The first kappa shape index (κ1) is 15.6. The molecule has 0 aromatic carbocycles. The fourth-order valence-corrected chi connectivity index (χ4v) is 1.86. The Morgan fingerprint density at radius 3 is 2.25 bits per heavy atom. The van der Waals surface area contributed by atoms with Crippen LogP contribution in [0, 0.1) is 0 Å². The van der Waals surface area contributed by atoms with E-state index in [1.54, 1.807) is 0 Å². The summed E-state index contributed by atoms with van der Waals surface area (Å²) in [4.78, 5) is 11.8. The van der Waals surface area contributed by atoms with Gasteiger partial charge in [-0.25, -0.2) is 0 Å². The highest BCUT2D eigenvalue weighted by molar-refractivity contribution is 5.82. The number of ether oxygens (including phenoxy) is 1. The van der Waals surface area contributed by atoms with Crippen molar-refractivity contribution in [3.05, 3.63) is 0 Å². The van der Waals surface area contributed by atoms with Crippen LogP contribution in [0.2, 0.25) is 0 Å². The molecule has 0 heterocycles. The van der Waals surface area contributed by atoms with Crippen LogP contribution in [0.15, 0.2) is 0 Å². The lowest BCUT2D eigenvalue weighted by molar-refractivity contribution is -0.130. The lowest BCUT2D eigenvalue weighted by atomic mass is 10.0. The maximum absolute atomic E-state index is 11.8. The molecule has 2 heteroatoms. The van der Waals surface area contributed by atoms with Gasteiger partial charge < -0.3 is 4.74 Å². The third-order valence-corrected chi connectivity index (χ3v) is 2.80. The molecule has 1 atom stereocenters. The van der Waals surface area contributed by atoms with Crippen molar-refractivity contribution in [2.75, 3.05) is 6.61 Å². The molecule has 0 bridgehead atoms. The number of carbonyl (C=O) groups is 1. The average molecular weight is 228 g/mol. The fraction of sp³-hybridized carbons (Fsp3) is 0.929. The van der Waals surface area contributed by atoms with Crippen molar-refractivity contribution in [2.45, 2.75) is 78.2 Å². The summed E-state index contributed by atoms with van der Waals surface area (Å²) in [6.45, 7) is 6.90. The average Bonchev–Trinajstić information content (AvgIpc) is 2.28. The Kier molecular flexibility index (Phi) is 10.9. The van der Waals surface area contributed by atoms with Crippen LogP contribution in [-0.4, -0.2) is 18.5 Å². The van der Waals surface area contributed by atoms with Crippen LogP contribution >= 0.6 is 0 Å². The molecule has 1 unspecified atom stereocenters. The van der Waals surface area contributed by atoms with Crippen LogP contribution in [-0.2, 0) is 9.53 Å². The molecule has 0 aromatic heterocycles. The van der Waals surface area contributed by atoms with Gasteiger partial charge in [-0.3, -0.25) is 4.79 Å². The summed E-state index contributed by atoms with van der Waals surface area (Å²) < 4.78 is 5.47. The lowest BCUT2D eigenvalue weighted by Crippen LogP contribution is -2.24. The number of carbonyl (C=O) groups excluding carboxylic acids is 1. The third-order valence-electron chi connectivity index (χ3n) is 2.80. The van der Waals surface area contributed by atoms with Crippen LogP contribution in [0.4, 0.5) is 0 Å². The van der Waals surface area contributed by atoms with Crippen molar-refractivity contribution in [1.29, 1.82) is 0 Å². The van der Waals surface area contributed by atoms with Crippen molar-refractivity contribution >= 4 is 5.78 Å². The largest absolute Gasteiger partial charge is 0.371 e. The summed E-state index contributed by atoms with van der Waals surface area (Å²) >= 11 is 0. The second-order valence-corrected chi connectivity index (χ2v) is 4.36. The Balaban J connectivity index is 3.65. The van der Waals surface area contributed by atoms with Crippen LogP contribution in [0.5, 0.6) is 0 Å². The van der Waals surface area contributed by atoms with Crippen LogP contribution in [0.25, 0.3) is 0 Å². The van der Waals surface area contributed by atoms with Crippen LogP contribution in [0.1, 0.15) is 72.1 Å². The number of Topliss-reactive ketones (excluding diaryl/α,β-unsaturated/α-hetero) is 1. The highest BCUT2D eigenvalue weighted by Gasteiger charge is 2.16. The fourth-order valence-electron chi connectivity index (χ4n) is 1.86. The molecule has 0 N–H and O–H groups in total. The van der Waals surface area contributed by atoms with E-state index in [0.717, 1.165) is 19.3 Å². The molecule has 0 aliphatic carbocycles. The van der Waals surface area contributed by atoms with E-state index in [-0.39, 0.29) is 6.10 Å². The molecule has 0 aliphatic rings. The zero-order chi connectivity index (χ0) is 12.2. The first-order chi connectivity index (χ1) is 7.76. The van der Waals surface area contributed by atoms with Gasteiger partial charge in [-0.15, -0.1) is 0 Å². The van der Waals surface area contributed by atoms with Gasteiger partial charge in [0, 0.05) is 13.0 Å². The molecule has 16 heavy (non-hydrogen) atoms. The van der Waals surface area contributed by atoms with E-state index in [0.29, 0.717) is 18.8 Å². The predicted molar refractivity (Wildman–Crippen MR) is 68.7 cm³/mol. The summed E-state index contributed by atoms with van der Waals surface area (Å²) in [6, 6.07) is 0. The zero-order valence-electron chi connectivity index (χ0n) is 11.3. The molecule has 0 radical (unpaired) electrons. The molecule has 2 nitrogen and oxygen atoms in total. The molecular weight excluding hydrogens is 200 g/mol. The van der Waals surface area contributed by atoms with Gasteiger partial charge >= 0.3 is 0 Å². The van der Waals surface area contributed by atoms with Gasteiger partial charge in [0.25, 0.3) is 0 Å². The molecule has 0 spiro atoms. The first-order valence-corrected chi connectivity index (χ1v) is 6.90. The second-order valence-electron chi connectivity index (χ2n) is 4.36. The van der Waals surface area contributed by atoms with E-state index in [2.05, 4.69) is 13.8 Å². The molecule has 0 saturated heterocycles. The molecule has 0 aliphatic heterocycles. The zero-order valence-corrected chi connectivity index (χ0v) is 11.3. The summed E-state index contributed by atoms with van der Waals surface area (Å²) in [5.74, 6) is 0.306. The Morgan fingerprint density at radius 2 is 1.69 bits per heavy atom. The van der Waals surface area contributed by atoms with E-state index in [1.807, 2.05) is 6.92 Å². The van der Waals surface area contributed by atoms with E-state index >= 15 is 0 Å². The summed E-state index contributed by atoms with van der Waals surface area (Å²) in [5, 5.41) is 0. The van der Waals surface area contributed by atoms with E-state index in [9.17, 15) is 4.79 Å². The minimum absolute atomic E-state index is 0.138. The van der Waals surface area contributed by atoms with E-state index in [1.165, 1.54) is 25.7 Å². The van der Waals surface area contributed by atoms with E-state index < -0.39 is 0 Å². The Morgan fingerprint density at radius 1 is 1.00 bits per heavy atom. The van der Waals surface area contributed by atoms with Gasteiger partial charge in [0.1, 0.15) is 6.10 Å². The highest BCUT2D eigenvalue weighted by Crippen LogP contribution is 2.11. The smallest absolute Gasteiger partial charge is 0.161 e. The monoisotopic (exact) mass is 228 g/mol. The maximum atomic E-state index is 11.8. The standard InChI is InChI=1S/C14H28O2/c1-4-7-8-9-10-12-13(15)14(11-5-2)16-6-3/h14H,4-12H2,1-3H3. The van der Waals surface area contributed by atoms with Gasteiger partial charge in [0.05, 0.1) is 0 Å². The number of hydrogen-bond donors (Lipinski definition) is 0. The normalized spacial score (nSPS) is 12.7. The first-order valence-electron chi connectivity index (χ1n) is 6.90. The van der Waals surface area contributed by atoms with Gasteiger partial charge in [-0.1, -0.05) is 46.0 Å². The van der Waals surface area contributed by atoms with E-state index in [4.69, 9.17) is 4.74 Å². The summed E-state index contributed by atoms with van der Waals surface area (Å²) in [5.41, 5.74) is 0. The highest BCUT2D eigenvalue weighted by atomic mass is 16.5. The minimum Gasteiger partial charge on any atom is -0.371 e. The molecule has 0 saturated carbocycles. The van der Waals surface area contributed by atoms with Gasteiger partial charge in [0.2, 0.25) is 0 Å². The van der Waals surface area contributed by atoms with Gasteiger partial charge in [-0.2, -0.15) is 0 Å². The third kappa shape index (κ3) is 7.86. The van der Waals surface area contributed by atoms with Crippen LogP contribution < -0.4 is 0 Å². The van der Waals surface area contributed by atoms with Crippen molar-refractivity contribution in [2.24, 2.45) is 0 Å². The van der Waals surface area contributed by atoms with Crippen molar-refractivity contribution in [3.8, 4) is 0 Å². The van der Waals surface area contributed by atoms with Crippen molar-refractivity contribution in [1.82, 2.24) is 0 Å². The van der Waals surface area contributed by atoms with Crippen LogP contribution in [0.3, 0.4) is 0 Å². The number of ketones is 1. The molecule has 0 aromatic rings. The Labute approximate surface area is 101 Å². The molecule has 96 valence electrons. The number of hydrogen-bond acceptors (Lipinski definition) is 2. The number of rotatable bonds is 11. The maximum Gasteiger partial charge on any atom is 0.161 e. The minimum atomic E-state index is -0.138. The van der Waals surface area contributed by atoms with Crippen molar-refractivity contribution < 1.29 is 9.53 Å². The topological polar surface area (TPSA) is 26.3 Å². The second kappa shape index (κ2) is 11.1. The van der Waals surface area contributed by atoms with Gasteiger partial charge in [-0.05, 0) is 19.8 Å².